The maximum absolute atomic E-state index is 11.9. The van der Waals surface area contributed by atoms with Crippen molar-refractivity contribution in [2.75, 3.05) is 13.1 Å². The molecule has 80 valence electrons. The molecule has 0 atom stereocenters. The lowest BCUT2D eigenvalue weighted by Gasteiger charge is -2.45. The van der Waals surface area contributed by atoms with E-state index in [1.54, 1.807) is 11.8 Å². The first-order chi connectivity index (χ1) is 6.58. The molecule has 0 aromatic heterocycles. The fraction of sp³-hybridized carbons (Fsp3) is 0.909. The number of β-amino-alcohol motifs (C(OH)–C–C–N with tert-alkyl or cyclic N) is 1. The quantitative estimate of drug-likeness (QED) is 0.685. The molecule has 2 fully saturated rings. The van der Waals surface area contributed by atoms with Crippen molar-refractivity contribution < 1.29 is 9.90 Å². The topological polar surface area (TPSA) is 40.5 Å². The fourth-order valence-corrected chi connectivity index (χ4v) is 2.54. The molecular weight excluding hydrogens is 178 g/mol. The van der Waals surface area contributed by atoms with Gasteiger partial charge in [-0.3, -0.25) is 4.79 Å². The number of rotatable bonds is 1. The summed E-state index contributed by atoms with van der Waals surface area (Å²) in [4.78, 5) is 13.7. The maximum Gasteiger partial charge on any atom is 0.225 e. The van der Waals surface area contributed by atoms with Gasteiger partial charge in [0.05, 0.1) is 18.7 Å². The van der Waals surface area contributed by atoms with Crippen LogP contribution in [0.15, 0.2) is 0 Å². The van der Waals surface area contributed by atoms with Crippen LogP contribution in [0.3, 0.4) is 0 Å². The van der Waals surface area contributed by atoms with E-state index in [4.69, 9.17) is 0 Å². The van der Waals surface area contributed by atoms with Gasteiger partial charge in [0, 0.05) is 5.92 Å². The van der Waals surface area contributed by atoms with Crippen LogP contribution < -0.4 is 0 Å². The molecule has 1 N–H and O–H groups in total. The lowest BCUT2D eigenvalue weighted by atomic mass is 9.86. The summed E-state index contributed by atoms with van der Waals surface area (Å²) >= 11 is 0. The van der Waals surface area contributed by atoms with E-state index in [1.807, 2.05) is 0 Å². The van der Waals surface area contributed by atoms with Crippen molar-refractivity contribution in [1.29, 1.82) is 0 Å². The minimum Gasteiger partial charge on any atom is -0.386 e. The summed E-state index contributed by atoms with van der Waals surface area (Å²) in [6, 6.07) is 0. The molecule has 0 bridgehead atoms. The monoisotopic (exact) mass is 197 g/mol. The summed E-state index contributed by atoms with van der Waals surface area (Å²) in [5, 5.41) is 9.54. The minimum atomic E-state index is -0.621. The second-order valence-corrected chi connectivity index (χ2v) is 5.03. The van der Waals surface area contributed by atoms with Crippen molar-refractivity contribution >= 4 is 5.91 Å². The summed E-state index contributed by atoms with van der Waals surface area (Å²) in [7, 11) is 0. The molecule has 1 saturated heterocycles. The van der Waals surface area contributed by atoms with Gasteiger partial charge in [-0.05, 0) is 19.8 Å². The lowest BCUT2D eigenvalue weighted by molar-refractivity contribution is -0.157. The Kier molecular flexibility index (Phi) is 2.52. The number of hydrogen-bond donors (Lipinski definition) is 1. The molecule has 1 heterocycles. The summed E-state index contributed by atoms with van der Waals surface area (Å²) in [6.45, 7) is 2.85. The summed E-state index contributed by atoms with van der Waals surface area (Å²) in [5.74, 6) is 0.524. The van der Waals surface area contributed by atoms with Crippen molar-refractivity contribution in [2.45, 2.75) is 44.6 Å². The van der Waals surface area contributed by atoms with Crippen LogP contribution in [-0.2, 0) is 4.79 Å². The largest absolute Gasteiger partial charge is 0.386 e. The molecule has 1 amide bonds. The molecule has 0 unspecified atom stereocenters. The fourth-order valence-electron chi connectivity index (χ4n) is 2.54. The van der Waals surface area contributed by atoms with Crippen molar-refractivity contribution in [3.63, 3.8) is 0 Å². The highest BCUT2D eigenvalue weighted by Crippen LogP contribution is 2.29. The zero-order chi connectivity index (χ0) is 10.2. The van der Waals surface area contributed by atoms with E-state index in [0.29, 0.717) is 13.1 Å². The minimum absolute atomic E-state index is 0.250. The number of likely N-dealkylation sites (tertiary alicyclic amines) is 1. The Morgan fingerprint density at radius 3 is 2.36 bits per heavy atom. The van der Waals surface area contributed by atoms with E-state index in [0.717, 1.165) is 12.8 Å². The van der Waals surface area contributed by atoms with Crippen LogP contribution in [0.4, 0.5) is 0 Å². The SMILES string of the molecule is CC1(O)CN(C(=O)C2CCCCC2)C1. The molecule has 0 radical (unpaired) electrons. The standard InChI is InChI=1S/C11H19NO2/c1-11(14)7-12(8-11)10(13)9-5-3-2-4-6-9/h9,14H,2-8H2,1H3. The van der Waals surface area contributed by atoms with E-state index in [2.05, 4.69) is 0 Å². The van der Waals surface area contributed by atoms with Gasteiger partial charge in [0.1, 0.15) is 0 Å². The molecule has 1 aliphatic heterocycles. The number of carbonyl (C=O) groups excluding carboxylic acids is 1. The number of nitrogens with zero attached hydrogens (tertiary/aromatic N) is 1. The molecule has 0 spiro atoms. The predicted octanol–water partition coefficient (Wildman–Crippen LogP) is 1.16. The Hall–Kier alpha value is -0.570. The second-order valence-electron chi connectivity index (χ2n) is 5.03. The summed E-state index contributed by atoms with van der Waals surface area (Å²) in [5.41, 5.74) is -0.621. The number of amides is 1. The van der Waals surface area contributed by atoms with Crippen molar-refractivity contribution in [3.8, 4) is 0 Å². The molecule has 3 nitrogen and oxygen atoms in total. The molecule has 0 aromatic carbocycles. The molecule has 0 aromatic rings. The van der Waals surface area contributed by atoms with E-state index < -0.39 is 5.60 Å². The van der Waals surface area contributed by atoms with Crippen LogP contribution in [0.5, 0.6) is 0 Å². The molecule has 2 rings (SSSR count). The van der Waals surface area contributed by atoms with E-state index >= 15 is 0 Å². The lowest BCUT2D eigenvalue weighted by Crippen LogP contribution is -2.62. The van der Waals surface area contributed by atoms with Crippen molar-refractivity contribution in [1.82, 2.24) is 4.90 Å². The Bertz CT molecular complexity index is 223. The van der Waals surface area contributed by atoms with E-state index in [9.17, 15) is 9.90 Å². The van der Waals surface area contributed by atoms with Crippen LogP contribution in [0.25, 0.3) is 0 Å². The van der Waals surface area contributed by atoms with Gasteiger partial charge in [0.25, 0.3) is 0 Å². The highest BCUT2D eigenvalue weighted by atomic mass is 16.3. The highest BCUT2D eigenvalue weighted by Gasteiger charge is 2.41. The molecule has 14 heavy (non-hydrogen) atoms. The zero-order valence-electron chi connectivity index (χ0n) is 8.83. The third kappa shape index (κ3) is 1.92. The second kappa shape index (κ2) is 3.54. The van der Waals surface area contributed by atoms with Crippen LogP contribution in [0.1, 0.15) is 39.0 Å². The van der Waals surface area contributed by atoms with Crippen LogP contribution >= 0.6 is 0 Å². The molecule has 1 saturated carbocycles. The molecule has 1 aliphatic carbocycles. The Balaban J connectivity index is 1.84. The van der Waals surface area contributed by atoms with Crippen molar-refractivity contribution in [2.24, 2.45) is 5.92 Å². The van der Waals surface area contributed by atoms with Gasteiger partial charge in [-0.2, -0.15) is 0 Å². The first kappa shape index (κ1) is 9.97. The smallest absolute Gasteiger partial charge is 0.225 e. The Morgan fingerprint density at radius 2 is 1.86 bits per heavy atom. The molecular formula is C11H19NO2. The Labute approximate surface area is 85.1 Å². The first-order valence-corrected chi connectivity index (χ1v) is 5.60. The van der Waals surface area contributed by atoms with Gasteiger partial charge in [0.2, 0.25) is 5.91 Å². The normalized spacial score (nSPS) is 27.1. The van der Waals surface area contributed by atoms with Crippen molar-refractivity contribution in [3.05, 3.63) is 0 Å². The summed E-state index contributed by atoms with van der Waals surface area (Å²) in [6.07, 6.45) is 5.78. The number of hydrogen-bond acceptors (Lipinski definition) is 2. The van der Waals surface area contributed by atoms with Gasteiger partial charge in [0.15, 0.2) is 0 Å². The van der Waals surface area contributed by atoms with Gasteiger partial charge < -0.3 is 10.0 Å². The van der Waals surface area contributed by atoms with Gasteiger partial charge in [-0.1, -0.05) is 19.3 Å². The third-order valence-electron chi connectivity index (χ3n) is 3.33. The first-order valence-electron chi connectivity index (χ1n) is 5.60. The molecule has 3 heteroatoms. The van der Waals surface area contributed by atoms with Crippen LogP contribution in [-0.4, -0.2) is 34.6 Å². The highest BCUT2D eigenvalue weighted by molar-refractivity contribution is 5.80. The summed E-state index contributed by atoms with van der Waals surface area (Å²) < 4.78 is 0. The van der Waals surface area contributed by atoms with E-state index in [1.165, 1.54) is 19.3 Å². The average molecular weight is 197 g/mol. The number of carbonyl (C=O) groups is 1. The Morgan fingerprint density at radius 1 is 1.29 bits per heavy atom. The predicted molar refractivity (Wildman–Crippen MR) is 53.8 cm³/mol. The zero-order valence-corrected chi connectivity index (χ0v) is 8.83. The molecule has 2 aliphatic rings. The van der Waals surface area contributed by atoms with Gasteiger partial charge >= 0.3 is 0 Å². The third-order valence-corrected chi connectivity index (χ3v) is 3.33. The van der Waals surface area contributed by atoms with Gasteiger partial charge in [-0.15, -0.1) is 0 Å². The average Bonchev–Trinajstić information content (AvgIpc) is 2.14. The van der Waals surface area contributed by atoms with Crippen LogP contribution in [0.2, 0.25) is 0 Å². The maximum atomic E-state index is 11.9. The van der Waals surface area contributed by atoms with E-state index in [-0.39, 0.29) is 11.8 Å². The number of aliphatic hydroxyl groups is 1. The van der Waals surface area contributed by atoms with Gasteiger partial charge in [-0.25, -0.2) is 0 Å². The van der Waals surface area contributed by atoms with Crippen LogP contribution in [0, 0.1) is 5.92 Å².